The summed E-state index contributed by atoms with van der Waals surface area (Å²) in [4.78, 5) is 10.9. The lowest BCUT2D eigenvalue weighted by Gasteiger charge is -2.19. The molecule has 6 heteroatoms. The maximum absolute atomic E-state index is 6.05. The molecule has 20 heavy (non-hydrogen) atoms. The Morgan fingerprint density at radius 2 is 1.70 bits per heavy atom. The molecule has 1 aromatic heterocycles. The van der Waals surface area contributed by atoms with E-state index in [4.69, 9.17) is 21.1 Å². The molecule has 0 N–H and O–H groups in total. The molecule has 0 atom stereocenters. The second kappa shape index (κ2) is 5.32. The smallest absolute Gasteiger partial charge is 0.224 e. The summed E-state index contributed by atoms with van der Waals surface area (Å²) in [5.74, 6) is 2.19. The Labute approximate surface area is 122 Å². The lowest BCUT2D eigenvalue weighted by atomic mass is 10.2. The van der Waals surface area contributed by atoms with E-state index in [9.17, 15) is 0 Å². The fourth-order valence-corrected chi connectivity index (χ4v) is 2.75. The zero-order valence-corrected chi connectivity index (χ0v) is 12.3. The molecule has 0 amide bonds. The Morgan fingerprint density at radius 1 is 1.05 bits per heavy atom. The molecule has 0 unspecified atom stereocenters. The van der Waals surface area contributed by atoms with Crippen molar-refractivity contribution in [3.05, 3.63) is 17.4 Å². The molecule has 0 saturated carbocycles. The van der Waals surface area contributed by atoms with Crippen molar-refractivity contribution in [1.82, 2.24) is 9.97 Å². The molecular formula is C14H16ClN3O2. The summed E-state index contributed by atoms with van der Waals surface area (Å²) in [6, 6.07) is 3.75. The van der Waals surface area contributed by atoms with Gasteiger partial charge in [0.15, 0.2) is 11.5 Å². The average molecular weight is 294 g/mol. The van der Waals surface area contributed by atoms with Crippen molar-refractivity contribution in [3.8, 4) is 11.5 Å². The molecule has 5 nitrogen and oxygen atoms in total. The normalized spacial score (nSPS) is 14.8. The van der Waals surface area contributed by atoms with Crippen LogP contribution < -0.4 is 14.4 Å². The number of benzene rings is 1. The molecule has 1 fully saturated rings. The first-order valence-corrected chi connectivity index (χ1v) is 6.95. The van der Waals surface area contributed by atoms with Gasteiger partial charge in [-0.25, -0.2) is 4.98 Å². The predicted octanol–water partition coefficient (Wildman–Crippen LogP) is 2.90. The second-order valence-corrected chi connectivity index (χ2v) is 5.07. The van der Waals surface area contributed by atoms with Gasteiger partial charge in [0, 0.05) is 24.5 Å². The highest BCUT2D eigenvalue weighted by Gasteiger charge is 2.19. The third kappa shape index (κ3) is 2.22. The molecule has 1 aliphatic rings. The second-order valence-electron chi connectivity index (χ2n) is 4.73. The van der Waals surface area contributed by atoms with Gasteiger partial charge in [0.05, 0.1) is 19.7 Å². The van der Waals surface area contributed by atoms with Crippen molar-refractivity contribution in [1.29, 1.82) is 0 Å². The van der Waals surface area contributed by atoms with E-state index < -0.39 is 0 Å². The van der Waals surface area contributed by atoms with Crippen LogP contribution in [0.5, 0.6) is 11.5 Å². The van der Waals surface area contributed by atoms with Gasteiger partial charge in [-0.2, -0.15) is 4.98 Å². The van der Waals surface area contributed by atoms with Crippen LogP contribution in [-0.4, -0.2) is 37.3 Å². The van der Waals surface area contributed by atoms with E-state index in [1.165, 1.54) is 12.8 Å². The molecule has 0 radical (unpaired) electrons. The van der Waals surface area contributed by atoms with Crippen molar-refractivity contribution >= 4 is 28.3 Å². The zero-order chi connectivity index (χ0) is 14.1. The van der Waals surface area contributed by atoms with Crippen molar-refractivity contribution in [2.24, 2.45) is 0 Å². The number of methoxy groups -OCH3 is 2. The lowest BCUT2D eigenvalue weighted by Crippen LogP contribution is -2.19. The summed E-state index contributed by atoms with van der Waals surface area (Å²) in [6.45, 7) is 1.99. The highest BCUT2D eigenvalue weighted by molar-refractivity contribution is 6.28. The summed E-state index contributed by atoms with van der Waals surface area (Å²) < 4.78 is 10.7. The molecule has 106 valence electrons. The van der Waals surface area contributed by atoms with E-state index >= 15 is 0 Å². The van der Waals surface area contributed by atoms with E-state index in [1.807, 2.05) is 12.1 Å². The van der Waals surface area contributed by atoms with Gasteiger partial charge in [0.2, 0.25) is 5.28 Å². The minimum absolute atomic E-state index is 0.256. The van der Waals surface area contributed by atoms with Gasteiger partial charge in [-0.1, -0.05) is 0 Å². The molecule has 1 saturated heterocycles. The monoisotopic (exact) mass is 293 g/mol. The van der Waals surface area contributed by atoms with E-state index in [0.717, 1.165) is 29.8 Å². The summed E-state index contributed by atoms with van der Waals surface area (Å²) in [5.41, 5.74) is 0.768. The van der Waals surface area contributed by atoms with Crippen molar-refractivity contribution < 1.29 is 9.47 Å². The fourth-order valence-electron chi connectivity index (χ4n) is 2.58. The maximum Gasteiger partial charge on any atom is 0.224 e. The van der Waals surface area contributed by atoms with E-state index in [0.29, 0.717) is 11.5 Å². The molecule has 0 bridgehead atoms. The minimum Gasteiger partial charge on any atom is -0.493 e. The predicted molar refractivity (Wildman–Crippen MR) is 79.1 cm³/mol. The molecule has 2 heterocycles. The zero-order valence-electron chi connectivity index (χ0n) is 11.5. The molecule has 3 rings (SSSR count). The largest absolute Gasteiger partial charge is 0.493 e. The summed E-state index contributed by atoms with van der Waals surface area (Å²) in [7, 11) is 3.23. The Morgan fingerprint density at radius 3 is 2.35 bits per heavy atom. The van der Waals surface area contributed by atoms with Crippen LogP contribution >= 0.6 is 11.6 Å². The van der Waals surface area contributed by atoms with Gasteiger partial charge in [0.25, 0.3) is 0 Å². The van der Waals surface area contributed by atoms with E-state index in [-0.39, 0.29) is 5.28 Å². The number of ether oxygens (including phenoxy) is 2. The number of hydrogen-bond donors (Lipinski definition) is 0. The fraction of sp³-hybridized carbons (Fsp3) is 0.429. The van der Waals surface area contributed by atoms with Gasteiger partial charge in [0.1, 0.15) is 5.82 Å². The summed E-state index contributed by atoms with van der Waals surface area (Å²) in [5, 5.41) is 1.19. The molecule has 0 aliphatic carbocycles. The van der Waals surface area contributed by atoms with Crippen LogP contribution in [0.15, 0.2) is 12.1 Å². The first-order chi connectivity index (χ1) is 9.72. The highest BCUT2D eigenvalue weighted by Crippen LogP contribution is 2.36. The van der Waals surface area contributed by atoms with Crippen molar-refractivity contribution in [2.45, 2.75) is 12.8 Å². The quantitative estimate of drug-likeness (QED) is 0.814. The van der Waals surface area contributed by atoms with E-state index in [1.54, 1.807) is 14.2 Å². The Balaban J connectivity index is 2.22. The first-order valence-electron chi connectivity index (χ1n) is 6.57. The van der Waals surface area contributed by atoms with Crippen LogP contribution in [0.1, 0.15) is 12.8 Å². The number of anilines is 1. The number of fused-ring (bicyclic) bond motifs is 1. The number of nitrogens with zero attached hydrogens (tertiary/aromatic N) is 3. The first kappa shape index (κ1) is 13.2. The standard InChI is InChI=1S/C14H16ClN3O2/c1-19-11-7-9-10(8-12(11)20-2)16-14(15)17-13(9)18-5-3-4-6-18/h7-8H,3-6H2,1-2H3. The minimum atomic E-state index is 0.256. The van der Waals surface area contributed by atoms with Crippen LogP contribution in [0.25, 0.3) is 10.9 Å². The molecule has 2 aromatic rings. The summed E-state index contributed by atoms with van der Waals surface area (Å²) >= 11 is 6.05. The molecule has 1 aliphatic heterocycles. The van der Waals surface area contributed by atoms with Crippen LogP contribution in [-0.2, 0) is 0 Å². The van der Waals surface area contributed by atoms with Crippen molar-refractivity contribution in [3.63, 3.8) is 0 Å². The van der Waals surface area contributed by atoms with Crippen LogP contribution in [0.2, 0.25) is 5.28 Å². The van der Waals surface area contributed by atoms with Gasteiger partial charge in [-0.3, -0.25) is 0 Å². The highest BCUT2D eigenvalue weighted by atomic mass is 35.5. The van der Waals surface area contributed by atoms with Gasteiger partial charge >= 0.3 is 0 Å². The van der Waals surface area contributed by atoms with Gasteiger partial charge in [-0.15, -0.1) is 0 Å². The Kier molecular flexibility index (Phi) is 3.53. The SMILES string of the molecule is COc1cc2nc(Cl)nc(N3CCCC3)c2cc1OC. The van der Waals surface area contributed by atoms with Gasteiger partial charge < -0.3 is 14.4 Å². The Hall–Kier alpha value is -1.75. The number of hydrogen-bond acceptors (Lipinski definition) is 5. The molecule has 0 spiro atoms. The molecule has 1 aromatic carbocycles. The third-order valence-electron chi connectivity index (χ3n) is 3.56. The number of halogens is 1. The van der Waals surface area contributed by atoms with Crippen molar-refractivity contribution in [2.75, 3.05) is 32.2 Å². The number of rotatable bonds is 3. The average Bonchev–Trinajstić information content (AvgIpc) is 2.98. The van der Waals surface area contributed by atoms with Crippen LogP contribution in [0.3, 0.4) is 0 Å². The maximum atomic E-state index is 6.05. The topological polar surface area (TPSA) is 47.5 Å². The van der Waals surface area contributed by atoms with Crippen LogP contribution in [0, 0.1) is 0 Å². The lowest BCUT2D eigenvalue weighted by molar-refractivity contribution is 0.356. The van der Waals surface area contributed by atoms with Crippen LogP contribution in [0.4, 0.5) is 5.82 Å². The third-order valence-corrected chi connectivity index (χ3v) is 3.73. The number of aromatic nitrogens is 2. The van der Waals surface area contributed by atoms with Gasteiger partial charge in [-0.05, 0) is 30.5 Å². The summed E-state index contributed by atoms with van der Waals surface area (Å²) in [6.07, 6.45) is 2.35. The van der Waals surface area contributed by atoms with E-state index in [2.05, 4.69) is 14.9 Å². The Bertz CT molecular complexity index is 642. The molecular weight excluding hydrogens is 278 g/mol.